The SMILES string of the molecule is COc1cc(/C=C/c2cccc(-c3ccccc3)c2C)cc(OC)c1CNCCCC(C)=O. The van der Waals surface area contributed by atoms with Crippen LogP contribution in [0.2, 0.25) is 0 Å². The number of methoxy groups -OCH3 is 2. The van der Waals surface area contributed by atoms with Crippen LogP contribution >= 0.6 is 0 Å². The number of hydrogen-bond acceptors (Lipinski definition) is 4. The van der Waals surface area contributed by atoms with Gasteiger partial charge in [0.25, 0.3) is 0 Å². The van der Waals surface area contributed by atoms with Crippen LogP contribution in [-0.4, -0.2) is 26.5 Å². The first-order valence-electron chi connectivity index (χ1n) is 11.3. The number of ketones is 1. The predicted molar refractivity (Wildman–Crippen MR) is 137 cm³/mol. The Hall–Kier alpha value is -3.37. The minimum atomic E-state index is 0.215. The summed E-state index contributed by atoms with van der Waals surface area (Å²) in [6.07, 6.45) is 5.64. The Morgan fingerprint density at radius 2 is 1.64 bits per heavy atom. The maximum atomic E-state index is 11.1. The number of hydrogen-bond donors (Lipinski definition) is 1. The first kappa shape index (κ1) is 24.3. The van der Waals surface area contributed by atoms with Gasteiger partial charge >= 0.3 is 0 Å². The number of benzene rings is 3. The van der Waals surface area contributed by atoms with Crippen molar-refractivity contribution in [3.05, 3.63) is 82.9 Å². The summed E-state index contributed by atoms with van der Waals surface area (Å²) < 4.78 is 11.3. The average Bonchev–Trinajstić information content (AvgIpc) is 2.83. The molecule has 0 saturated carbocycles. The van der Waals surface area contributed by atoms with E-state index in [1.807, 2.05) is 18.2 Å². The summed E-state index contributed by atoms with van der Waals surface area (Å²) in [6, 6.07) is 20.9. The van der Waals surface area contributed by atoms with E-state index in [0.29, 0.717) is 13.0 Å². The van der Waals surface area contributed by atoms with Gasteiger partial charge in [0.2, 0.25) is 0 Å². The third-order valence-electron chi connectivity index (χ3n) is 5.73. The van der Waals surface area contributed by atoms with Crippen molar-refractivity contribution in [3.8, 4) is 22.6 Å². The number of ether oxygens (including phenoxy) is 2. The van der Waals surface area contributed by atoms with E-state index in [4.69, 9.17) is 9.47 Å². The molecule has 3 rings (SSSR count). The van der Waals surface area contributed by atoms with Crippen LogP contribution in [0, 0.1) is 6.92 Å². The molecule has 4 nitrogen and oxygen atoms in total. The van der Waals surface area contributed by atoms with Gasteiger partial charge in [0.05, 0.1) is 14.2 Å². The van der Waals surface area contributed by atoms with Gasteiger partial charge in [0.1, 0.15) is 17.3 Å². The molecule has 172 valence electrons. The molecule has 33 heavy (non-hydrogen) atoms. The molecule has 0 spiro atoms. The van der Waals surface area contributed by atoms with E-state index in [0.717, 1.165) is 35.6 Å². The van der Waals surface area contributed by atoms with Crippen molar-refractivity contribution in [1.82, 2.24) is 5.32 Å². The van der Waals surface area contributed by atoms with Crippen LogP contribution in [0.15, 0.2) is 60.7 Å². The Bertz CT molecular complexity index is 1080. The standard InChI is InChI=1S/C29H33NO3/c1-21(31)10-9-17-30-20-27-28(32-3)18-23(19-29(27)33-4)15-16-24-13-8-14-26(22(24)2)25-11-6-5-7-12-25/h5-8,11-16,18-19,30H,9-10,17,20H2,1-4H3/b16-15+. The molecule has 0 amide bonds. The quantitative estimate of drug-likeness (QED) is 0.279. The maximum Gasteiger partial charge on any atom is 0.129 e. The number of Topliss-reactive ketones (excluding diaryl/α,β-unsaturated/α-hetero) is 1. The molecule has 0 aliphatic rings. The molecule has 0 atom stereocenters. The average molecular weight is 444 g/mol. The minimum absolute atomic E-state index is 0.215. The van der Waals surface area contributed by atoms with Crippen LogP contribution in [0.1, 0.15) is 42.0 Å². The summed E-state index contributed by atoms with van der Waals surface area (Å²) in [4.78, 5) is 11.1. The second-order valence-electron chi connectivity index (χ2n) is 8.11. The van der Waals surface area contributed by atoms with E-state index in [-0.39, 0.29) is 5.78 Å². The molecule has 0 heterocycles. The van der Waals surface area contributed by atoms with Crippen LogP contribution in [0.3, 0.4) is 0 Å². The maximum absolute atomic E-state index is 11.1. The molecule has 0 fully saturated rings. The van der Waals surface area contributed by atoms with Crippen LogP contribution in [-0.2, 0) is 11.3 Å². The molecule has 3 aromatic carbocycles. The lowest BCUT2D eigenvalue weighted by Crippen LogP contribution is -2.16. The first-order chi connectivity index (χ1) is 16.0. The molecule has 4 heteroatoms. The van der Waals surface area contributed by atoms with Gasteiger partial charge in [-0.05, 0) is 66.8 Å². The van der Waals surface area contributed by atoms with Crippen LogP contribution in [0.4, 0.5) is 0 Å². The van der Waals surface area contributed by atoms with Crippen molar-refractivity contribution in [2.45, 2.75) is 33.2 Å². The smallest absolute Gasteiger partial charge is 0.129 e. The largest absolute Gasteiger partial charge is 0.496 e. The molecule has 0 bridgehead atoms. The van der Waals surface area contributed by atoms with Gasteiger partial charge in [-0.1, -0.05) is 60.7 Å². The molecule has 0 aromatic heterocycles. The highest BCUT2D eigenvalue weighted by atomic mass is 16.5. The zero-order chi connectivity index (χ0) is 23.6. The van der Waals surface area contributed by atoms with E-state index in [2.05, 4.69) is 66.9 Å². The van der Waals surface area contributed by atoms with Gasteiger partial charge in [0.15, 0.2) is 0 Å². The lowest BCUT2D eigenvalue weighted by molar-refractivity contribution is -0.117. The molecule has 0 saturated heterocycles. The van der Waals surface area contributed by atoms with E-state index in [9.17, 15) is 4.79 Å². The zero-order valence-electron chi connectivity index (χ0n) is 20.0. The fourth-order valence-electron chi connectivity index (χ4n) is 3.90. The van der Waals surface area contributed by atoms with Crippen molar-refractivity contribution in [2.24, 2.45) is 0 Å². The van der Waals surface area contributed by atoms with E-state index >= 15 is 0 Å². The van der Waals surface area contributed by atoms with Gasteiger partial charge in [-0.15, -0.1) is 0 Å². The Labute approximate surface area is 197 Å². The van der Waals surface area contributed by atoms with Crippen molar-refractivity contribution < 1.29 is 14.3 Å². The Kier molecular flexibility index (Phi) is 8.85. The van der Waals surface area contributed by atoms with Gasteiger partial charge in [-0.25, -0.2) is 0 Å². The van der Waals surface area contributed by atoms with Crippen LogP contribution in [0.5, 0.6) is 11.5 Å². The van der Waals surface area contributed by atoms with Gasteiger partial charge in [-0.3, -0.25) is 0 Å². The summed E-state index contributed by atoms with van der Waals surface area (Å²) in [6.45, 7) is 5.17. The molecular formula is C29H33NO3. The van der Waals surface area contributed by atoms with Crippen molar-refractivity contribution in [3.63, 3.8) is 0 Å². The van der Waals surface area contributed by atoms with Crippen molar-refractivity contribution in [1.29, 1.82) is 0 Å². The fourth-order valence-corrected chi connectivity index (χ4v) is 3.90. The molecule has 0 unspecified atom stereocenters. The number of carbonyl (C=O) groups excluding carboxylic acids is 1. The molecule has 0 radical (unpaired) electrons. The molecular weight excluding hydrogens is 410 g/mol. The fraction of sp³-hybridized carbons (Fsp3) is 0.276. The summed E-state index contributed by atoms with van der Waals surface area (Å²) in [5.74, 6) is 1.78. The third kappa shape index (κ3) is 6.56. The lowest BCUT2D eigenvalue weighted by Gasteiger charge is -2.15. The molecule has 1 N–H and O–H groups in total. The highest BCUT2D eigenvalue weighted by molar-refractivity contribution is 5.78. The van der Waals surface area contributed by atoms with E-state index in [1.165, 1.54) is 22.3 Å². The number of rotatable bonds is 11. The Morgan fingerprint density at radius 1 is 0.939 bits per heavy atom. The topological polar surface area (TPSA) is 47.6 Å². The summed E-state index contributed by atoms with van der Waals surface area (Å²) in [5.41, 5.74) is 6.85. The summed E-state index contributed by atoms with van der Waals surface area (Å²) in [7, 11) is 3.35. The van der Waals surface area contributed by atoms with Gasteiger partial charge < -0.3 is 19.6 Å². The molecule has 3 aromatic rings. The highest BCUT2D eigenvalue weighted by Crippen LogP contribution is 2.32. The first-order valence-corrected chi connectivity index (χ1v) is 11.3. The Morgan fingerprint density at radius 3 is 2.27 bits per heavy atom. The second kappa shape index (κ2) is 12.0. The minimum Gasteiger partial charge on any atom is -0.496 e. The number of carbonyl (C=O) groups is 1. The molecule has 0 aliphatic heterocycles. The monoisotopic (exact) mass is 443 g/mol. The molecule has 0 aliphatic carbocycles. The number of nitrogens with one attached hydrogen (secondary N) is 1. The van der Waals surface area contributed by atoms with Gasteiger partial charge in [0, 0.05) is 18.5 Å². The second-order valence-corrected chi connectivity index (χ2v) is 8.11. The van der Waals surface area contributed by atoms with E-state index < -0.39 is 0 Å². The predicted octanol–water partition coefficient (Wildman–Crippen LogP) is 6.31. The third-order valence-corrected chi connectivity index (χ3v) is 5.73. The van der Waals surface area contributed by atoms with Crippen molar-refractivity contribution in [2.75, 3.05) is 20.8 Å². The normalized spacial score (nSPS) is 11.0. The zero-order valence-corrected chi connectivity index (χ0v) is 20.0. The van der Waals surface area contributed by atoms with Crippen LogP contribution in [0.25, 0.3) is 23.3 Å². The van der Waals surface area contributed by atoms with E-state index in [1.54, 1.807) is 21.1 Å². The lowest BCUT2D eigenvalue weighted by atomic mass is 9.96. The van der Waals surface area contributed by atoms with Crippen molar-refractivity contribution >= 4 is 17.9 Å². The van der Waals surface area contributed by atoms with Crippen LogP contribution < -0.4 is 14.8 Å². The summed E-state index contributed by atoms with van der Waals surface area (Å²) >= 11 is 0. The van der Waals surface area contributed by atoms with Gasteiger partial charge in [-0.2, -0.15) is 0 Å². The highest BCUT2D eigenvalue weighted by Gasteiger charge is 2.12. The Balaban J connectivity index is 1.81. The summed E-state index contributed by atoms with van der Waals surface area (Å²) in [5, 5.41) is 3.38.